The molecule has 0 unspecified atom stereocenters. The molecule has 0 saturated carbocycles. The first-order valence-corrected chi connectivity index (χ1v) is 13.8. The predicted molar refractivity (Wildman–Crippen MR) is 143 cm³/mol. The van der Waals surface area contributed by atoms with E-state index in [2.05, 4.69) is 55.2 Å². The van der Waals surface area contributed by atoms with E-state index < -0.39 is 10.0 Å². The van der Waals surface area contributed by atoms with Crippen molar-refractivity contribution in [3.8, 4) is 0 Å². The highest BCUT2D eigenvalue weighted by Crippen LogP contribution is 2.33. The van der Waals surface area contributed by atoms with Crippen molar-refractivity contribution in [2.24, 2.45) is 0 Å². The van der Waals surface area contributed by atoms with Gasteiger partial charge in [0.25, 0.3) is 0 Å². The van der Waals surface area contributed by atoms with Crippen molar-refractivity contribution in [2.75, 3.05) is 21.6 Å². The molecule has 3 aromatic rings. The Morgan fingerprint density at radius 3 is 1.65 bits per heavy atom. The van der Waals surface area contributed by atoms with Crippen LogP contribution in [-0.2, 0) is 10.0 Å². The Morgan fingerprint density at radius 1 is 0.735 bits per heavy atom. The number of urea groups is 1. The Balaban J connectivity index is 1.65. The molecule has 0 aliphatic carbocycles. The summed E-state index contributed by atoms with van der Waals surface area (Å²) in [6.45, 7) is 8.48. The summed E-state index contributed by atoms with van der Waals surface area (Å²) in [5.74, 6) is 0.586. The van der Waals surface area contributed by atoms with Gasteiger partial charge in [0, 0.05) is 26.9 Å². The summed E-state index contributed by atoms with van der Waals surface area (Å²) >= 11 is 1.55. The normalized spacial score (nSPS) is 11.5. The minimum Gasteiger partial charge on any atom is -0.308 e. The first-order chi connectivity index (χ1) is 16.0. The lowest BCUT2D eigenvalue weighted by atomic mass is 9.93. The molecular weight excluding hydrogens is 466 g/mol. The zero-order valence-electron chi connectivity index (χ0n) is 20.0. The molecule has 8 heteroatoms. The van der Waals surface area contributed by atoms with Crippen molar-refractivity contribution in [1.82, 2.24) is 0 Å². The van der Waals surface area contributed by atoms with Crippen molar-refractivity contribution < 1.29 is 13.2 Å². The van der Waals surface area contributed by atoms with Crippen LogP contribution < -0.4 is 15.4 Å². The molecule has 2 amide bonds. The van der Waals surface area contributed by atoms with Crippen LogP contribution in [0.4, 0.5) is 21.9 Å². The quantitative estimate of drug-likeness (QED) is 0.310. The molecule has 0 aliphatic heterocycles. The minimum absolute atomic E-state index is 0.274. The van der Waals surface area contributed by atoms with Gasteiger partial charge in [0.05, 0.1) is 6.26 Å². The van der Waals surface area contributed by atoms with E-state index in [0.29, 0.717) is 23.2 Å². The molecule has 34 heavy (non-hydrogen) atoms. The summed E-state index contributed by atoms with van der Waals surface area (Å²) in [7, 11) is -3.29. The Labute approximate surface area is 206 Å². The summed E-state index contributed by atoms with van der Waals surface area (Å²) in [6, 6.07) is 20.6. The molecule has 0 saturated heterocycles. The Morgan fingerprint density at radius 2 is 1.21 bits per heavy atom. The van der Waals surface area contributed by atoms with Gasteiger partial charge in [0.15, 0.2) is 0 Å². The number of anilines is 3. The number of nitrogens with one attached hydrogen (secondary N) is 3. The molecule has 0 spiro atoms. The molecule has 3 aromatic carbocycles. The number of rotatable bonds is 8. The van der Waals surface area contributed by atoms with Crippen LogP contribution in [0.5, 0.6) is 0 Å². The number of carbonyl (C=O) groups excluding carboxylic acids is 1. The van der Waals surface area contributed by atoms with Crippen molar-refractivity contribution >= 4 is 44.9 Å². The summed E-state index contributed by atoms with van der Waals surface area (Å²) in [4.78, 5) is 14.7. The van der Waals surface area contributed by atoms with E-state index in [1.54, 1.807) is 23.9 Å². The van der Waals surface area contributed by atoms with E-state index in [4.69, 9.17) is 0 Å². The molecular formula is C26H31N3O3S2. The van der Waals surface area contributed by atoms with E-state index in [-0.39, 0.29) is 6.03 Å². The molecule has 0 fully saturated rings. The van der Waals surface area contributed by atoms with E-state index in [1.165, 1.54) is 0 Å². The van der Waals surface area contributed by atoms with Gasteiger partial charge in [-0.1, -0.05) is 57.7 Å². The standard InChI is InChI=1S/C26H31N3O3S2/c1-17(2)23-7-6-8-24(18(3)4)25(23)28-26(30)27-19-9-13-21(14-10-19)33-22-15-11-20(12-16-22)29-34(5,31)32/h6-18,29H,1-5H3,(H2,27,28,30). The van der Waals surface area contributed by atoms with Crippen LogP contribution in [0.1, 0.15) is 50.7 Å². The number of carbonyl (C=O) groups is 1. The van der Waals surface area contributed by atoms with Crippen LogP contribution in [-0.4, -0.2) is 20.7 Å². The molecule has 6 nitrogen and oxygen atoms in total. The summed E-state index contributed by atoms with van der Waals surface area (Å²) in [5, 5.41) is 5.98. The van der Waals surface area contributed by atoms with E-state index in [9.17, 15) is 13.2 Å². The van der Waals surface area contributed by atoms with Gasteiger partial charge in [-0.25, -0.2) is 13.2 Å². The van der Waals surface area contributed by atoms with Crippen LogP contribution in [0.25, 0.3) is 0 Å². The van der Waals surface area contributed by atoms with Gasteiger partial charge in [-0.15, -0.1) is 0 Å². The topological polar surface area (TPSA) is 87.3 Å². The fraction of sp³-hybridized carbons (Fsp3) is 0.269. The molecule has 3 rings (SSSR count). The molecule has 3 N–H and O–H groups in total. The lowest BCUT2D eigenvalue weighted by molar-refractivity contribution is 0.262. The zero-order valence-corrected chi connectivity index (χ0v) is 21.7. The molecule has 0 heterocycles. The maximum Gasteiger partial charge on any atom is 0.323 e. The first kappa shape index (κ1) is 25.6. The average molecular weight is 498 g/mol. The summed E-state index contributed by atoms with van der Waals surface area (Å²) in [6.07, 6.45) is 1.12. The van der Waals surface area contributed by atoms with Crippen LogP contribution in [0.15, 0.2) is 76.5 Å². The van der Waals surface area contributed by atoms with Gasteiger partial charge in [-0.3, -0.25) is 4.72 Å². The Kier molecular flexibility index (Phi) is 8.28. The third-order valence-electron chi connectivity index (χ3n) is 5.12. The van der Waals surface area contributed by atoms with E-state index in [0.717, 1.165) is 32.9 Å². The van der Waals surface area contributed by atoms with Crippen molar-refractivity contribution in [3.63, 3.8) is 0 Å². The lowest BCUT2D eigenvalue weighted by Gasteiger charge is -2.20. The molecule has 0 aliphatic rings. The van der Waals surface area contributed by atoms with Crippen LogP contribution >= 0.6 is 11.8 Å². The van der Waals surface area contributed by atoms with Crippen molar-refractivity contribution in [2.45, 2.75) is 49.3 Å². The number of hydrogen-bond acceptors (Lipinski definition) is 4. The molecule has 0 bridgehead atoms. The lowest BCUT2D eigenvalue weighted by Crippen LogP contribution is -2.21. The second kappa shape index (κ2) is 11.0. The fourth-order valence-electron chi connectivity index (χ4n) is 3.52. The van der Waals surface area contributed by atoms with Crippen LogP contribution in [0, 0.1) is 0 Å². The highest BCUT2D eigenvalue weighted by Gasteiger charge is 2.16. The minimum atomic E-state index is -3.29. The SMILES string of the molecule is CC(C)c1cccc(C(C)C)c1NC(=O)Nc1ccc(Sc2ccc(NS(C)(=O)=O)cc2)cc1. The maximum absolute atomic E-state index is 12.8. The van der Waals surface area contributed by atoms with Crippen LogP contribution in [0.2, 0.25) is 0 Å². The average Bonchev–Trinajstić information content (AvgIpc) is 2.75. The zero-order chi connectivity index (χ0) is 24.9. The van der Waals surface area contributed by atoms with E-state index >= 15 is 0 Å². The Bertz CT molecular complexity index is 1210. The summed E-state index contributed by atoms with van der Waals surface area (Å²) in [5.41, 5.74) is 4.34. The van der Waals surface area contributed by atoms with Crippen molar-refractivity contribution in [1.29, 1.82) is 0 Å². The monoisotopic (exact) mass is 497 g/mol. The third-order valence-corrected chi connectivity index (χ3v) is 6.74. The summed E-state index contributed by atoms with van der Waals surface area (Å²) < 4.78 is 25.1. The van der Waals surface area contributed by atoms with Crippen LogP contribution in [0.3, 0.4) is 0 Å². The maximum atomic E-state index is 12.8. The van der Waals surface area contributed by atoms with Crippen molar-refractivity contribution in [3.05, 3.63) is 77.9 Å². The van der Waals surface area contributed by atoms with Gasteiger partial charge >= 0.3 is 6.03 Å². The van der Waals surface area contributed by atoms with Gasteiger partial charge in [0.1, 0.15) is 0 Å². The van der Waals surface area contributed by atoms with Gasteiger partial charge in [-0.2, -0.15) is 0 Å². The second-order valence-electron chi connectivity index (χ2n) is 8.73. The predicted octanol–water partition coefficient (Wildman–Crippen LogP) is 7.10. The third kappa shape index (κ3) is 7.27. The number of benzene rings is 3. The number of amides is 2. The smallest absolute Gasteiger partial charge is 0.308 e. The molecule has 0 radical (unpaired) electrons. The highest BCUT2D eigenvalue weighted by molar-refractivity contribution is 7.99. The van der Waals surface area contributed by atoms with E-state index in [1.807, 2.05) is 42.5 Å². The Hall–Kier alpha value is -2.97. The first-order valence-electron chi connectivity index (χ1n) is 11.1. The number of hydrogen-bond donors (Lipinski definition) is 3. The second-order valence-corrected chi connectivity index (χ2v) is 11.6. The molecule has 180 valence electrons. The number of para-hydroxylation sites is 1. The number of sulfonamides is 1. The largest absolute Gasteiger partial charge is 0.323 e. The molecule has 0 atom stereocenters. The highest BCUT2D eigenvalue weighted by atomic mass is 32.2. The fourth-order valence-corrected chi connectivity index (χ4v) is 4.90. The van der Waals surface area contributed by atoms with Gasteiger partial charge in [-0.05, 0) is 71.5 Å². The van der Waals surface area contributed by atoms with Gasteiger partial charge in [0.2, 0.25) is 10.0 Å². The van der Waals surface area contributed by atoms with Gasteiger partial charge < -0.3 is 10.6 Å². The molecule has 0 aromatic heterocycles.